The molecule has 4 atom stereocenters. The predicted molar refractivity (Wildman–Crippen MR) is 266 cm³/mol. The highest BCUT2D eigenvalue weighted by Crippen LogP contribution is 2.32. The van der Waals surface area contributed by atoms with Gasteiger partial charge in [-0.1, -0.05) is 121 Å². The minimum Gasteiger partial charge on any atom is -0.458 e. The molecule has 0 saturated carbocycles. The molecule has 0 fully saturated rings. The zero-order valence-corrected chi connectivity index (χ0v) is 42.9. The Morgan fingerprint density at radius 1 is 0.478 bits per heavy atom. The zero-order chi connectivity index (χ0) is 50.0. The number of amides is 3. The first kappa shape index (κ1) is 60.5. The lowest BCUT2D eigenvalue weighted by Crippen LogP contribution is -2.51. The van der Waals surface area contributed by atoms with E-state index >= 15 is 0 Å². The Morgan fingerprint density at radius 3 is 1.17 bits per heavy atom. The third-order valence-electron chi connectivity index (χ3n) is 8.52. The smallest absolute Gasteiger partial charge is 0.420 e. The fourth-order valence-electron chi connectivity index (χ4n) is 5.94. The summed E-state index contributed by atoms with van der Waals surface area (Å²) in [5.41, 5.74) is -0.343. The van der Waals surface area contributed by atoms with E-state index in [0.717, 1.165) is 12.5 Å². The first-order chi connectivity index (χ1) is 31.3. The number of nitrogens with one attached hydrogen (secondary N) is 1. The van der Waals surface area contributed by atoms with Crippen LogP contribution in [0.15, 0.2) is 121 Å². The topological polar surface area (TPSA) is 199 Å². The van der Waals surface area contributed by atoms with Crippen molar-refractivity contribution in [2.75, 3.05) is 0 Å². The second-order valence-electron chi connectivity index (χ2n) is 18.0. The highest BCUT2D eigenvalue weighted by Gasteiger charge is 2.46. The van der Waals surface area contributed by atoms with Gasteiger partial charge in [0.2, 0.25) is 12.2 Å². The summed E-state index contributed by atoms with van der Waals surface area (Å²) in [5, 5.41) is 2.64. The molecule has 0 saturated heterocycles. The van der Waals surface area contributed by atoms with E-state index in [1.165, 1.54) is 6.92 Å². The lowest BCUT2D eigenvalue weighted by Gasteiger charge is -2.36. The molecule has 4 aromatic rings. The molecule has 4 rings (SSSR count). The predicted octanol–water partition coefficient (Wildman–Crippen LogP) is 9.73. The van der Waals surface area contributed by atoms with Crippen LogP contribution in [0, 0.1) is 0 Å². The van der Waals surface area contributed by atoms with Crippen LogP contribution >= 0.6 is 27.0 Å². The molecule has 1 N–H and O–H groups in total. The van der Waals surface area contributed by atoms with Crippen LogP contribution in [0.25, 0.3) is 0 Å². The number of imide groups is 1. The molecule has 0 aromatic heterocycles. The van der Waals surface area contributed by atoms with Crippen molar-refractivity contribution in [1.29, 1.82) is 0 Å². The van der Waals surface area contributed by atoms with Crippen molar-refractivity contribution in [3.63, 3.8) is 0 Å². The minimum absolute atomic E-state index is 0. The van der Waals surface area contributed by atoms with Gasteiger partial charge in [0.05, 0.1) is 0 Å². The monoisotopic (exact) mass is 994 g/mol. The average Bonchev–Trinajstić information content (AvgIpc) is 3.23. The van der Waals surface area contributed by atoms with Gasteiger partial charge in [-0.25, -0.2) is 28.9 Å². The van der Waals surface area contributed by atoms with Crippen LogP contribution in [-0.2, 0) is 65.5 Å². The molecule has 0 heterocycles. The molecule has 0 bridgehead atoms. The summed E-state index contributed by atoms with van der Waals surface area (Å²) in [4.78, 5) is 89.9. The van der Waals surface area contributed by atoms with Crippen LogP contribution in [0.1, 0.15) is 110 Å². The standard InChI is InChI=1S/C28H35NO8.C23H27NO6.2H2S/c1-19(30)35-23(24(31)34-18-20-14-10-8-11-15-20)22(21-16-12-9-13-17-21)29(25(32)36-27(2,3)4)26(33)37-28(5,6)7;1-16(25)29-20(21(26)28-15-17-11-7-5-8-12-17)19(18-13-9-6-10-14-18)24-22(27)30-23(2,3)4;;/h8-17,22-23H,18H2,1-7H3;5-14,19-20H,15H2,1-4H3,(H,24,27);2*1H2/t22-,23-;19-,20+;;/m10../s1. The van der Waals surface area contributed by atoms with E-state index in [2.05, 4.69) is 5.32 Å². The SMILES string of the molecule is CC(=O)O[C@@H](C(=O)OCc1ccccc1)[C@@H](NC(=O)OC(C)(C)C)c1ccccc1.CC(=O)O[C@@H](C(=O)OCc1ccccc1)[C@@H](c1ccccc1)N(C(=O)OC(C)(C)C)C(=O)OC(C)(C)C.S.S. The first-order valence-electron chi connectivity index (χ1n) is 21.4. The van der Waals surface area contributed by atoms with Gasteiger partial charge in [-0.05, 0) is 84.6 Å². The molecule has 0 spiro atoms. The third kappa shape index (κ3) is 22.4. The van der Waals surface area contributed by atoms with Gasteiger partial charge in [0.1, 0.15) is 42.1 Å². The van der Waals surface area contributed by atoms with Crippen LogP contribution < -0.4 is 5.32 Å². The number of rotatable bonds is 14. The van der Waals surface area contributed by atoms with Gasteiger partial charge in [-0.3, -0.25) is 9.59 Å². The summed E-state index contributed by atoms with van der Waals surface area (Å²) in [6.45, 7) is 17.2. The number of carbonyl (C=O) groups excluding carboxylic acids is 7. The quantitative estimate of drug-likeness (QED) is 0.0925. The Morgan fingerprint density at radius 2 is 0.812 bits per heavy atom. The second kappa shape index (κ2) is 28.1. The van der Waals surface area contributed by atoms with Crippen molar-refractivity contribution in [3.8, 4) is 0 Å². The van der Waals surface area contributed by atoms with Gasteiger partial charge in [0.15, 0.2) is 0 Å². The van der Waals surface area contributed by atoms with E-state index in [4.69, 9.17) is 33.2 Å². The Kier molecular flexibility index (Phi) is 24.6. The van der Waals surface area contributed by atoms with E-state index in [9.17, 15) is 33.6 Å². The third-order valence-corrected chi connectivity index (χ3v) is 8.52. The molecule has 18 heteroatoms. The average molecular weight is 995 g/mol. The van der Waals surface area contributed by atoms with E-state index in [1.54, 1.807) is 147 Å². The van der Waals surface area contributed by atoms with E-state index in [-0.39, 0.29) is 40.2 Å². The number of hydrogen-bond donors (Lipinski definition) is 1. The summed E-state index contributed by atoms with van der Waals surface area (Å²) in [5.74, 6) is -3.22. The summed E-state index contributed by atoms with van der Waals surface area (Å²) in [6.07, 6.45) is -6.00. The summed E-state index contributed by atoms with van der Waals surface area (Å²) < 4.78 is 37.8. The van der Waals surface area contributed by atoms with Crippen LogP contribution in [0.5, 0.6) is 0 Å². The molecule has 69 heavy (non-hydrogen) atoms. The van der Waals surface area contributed by atoms with Crippen LogP contribution in [-0.4, -0.2) is 76.1 Å². The highest BCUT2D eigenvalue weighted by molar-refractivity contribution is 7.59. The molecule has 0 aliphatic rings. The number of esters is 4. The Bertz CT molecular complexity index is 2220. The maximum absolute atomic E-state index is 13.4. The van der Waals surface area contributed by atoms with Crippen LogP contribution in [0.4, 0.5) is 14.4 Å². The molecule has 4 aromatic carbocycles. The Labute approximate surface area is 418 Å². The normalized spacial score (nSPS) is 12.6. The lowest BCUT2D eigenvalue weighted by molar-refractivity contribution is -0.172. The number of ether oxygens (including phenoxy) is 7. The van der Waals surface area contributed by atoms with Gasteiger partial charge < -0.3 is 38.5 Å². The van der Waals surface area contributed by atoms with Crippen molar-refractivity contribution in [2.45, 2.75) is 130 Å². The zero-order valence-electron chi connectivity index (χ0n) is 40.9. The fourth-order valence-corrected chi connectivity index (χ4v) is 5.94. The molecular weight excluding hydrogens is 929 g/mol. The first-order valence-corrected chi connectivity index (χ1v) is 21.4. The number of alkyl carbamates (subject to hydrolysis) is 1. The van der Waals surface area contributed by atoms with Gasteiger partial charge in [-0.2, -0.15) is 27.0 Å². The highest BCUT2D eigenvalue weighted by atomic mass is 32.1. The van der Waals surface area contributed by atoms with Crippen molar-refractivity contribution in [2.24, 2.45) is 0 Å². The summed E-state index contributed by atoms with van der Waals surface area (Å²) in [7, 11) is 0. The maximum atomic E-state index is 13.4. The molecule has 0 unspecified atom stereocenters. The van der Waals surface area contributed by atoms with Gasteiger partial charge >= 0.3 is 42.2 Å². The van der Waals surface area contributed by atoms with Crippen molar-refractivity contribution in [1.82, 2.24) is 10.2 Å². The van der Waals surface area contributed by atoms with Crippen LogP contribution in [0.3, 0.4) is 0 Å². The van der Waals surface area contributed by atoms with Crippen molar-refractivity contribution >= 4 is 69.1 Å². The molecule has 0 radical (unpaired) electrons. The largest absolute Gasteiger partial charge is 0.458 e. The minimum atomic E-state index is -1.70. The maximum Gasteiger partial charge on any atom is 0.420 e. The lowest BCUT2D eigenvalue weighted by atomic mass is 9.99. The van der Waals surface area contributed by atoms with Crippen molar-refractivity contribution < 1.29 is 66.7 Å². The van der Waals surface area contributed by atoms with Crippen molar-refractivity contribution in [3.05, 3.63) is 144 Å². The fraction of sp³-hybridized carbons (Fsp3) is 0.392. The molecule has 376 valence electrons. The van der Waals surface area contributed by atoms with Crippen LogP contribution in [0.2, 0.25) is 0 Å². The van der Waals surface area contributed by atoms with Gasteiger partial charge in [0, 0.05) is 13.8 Å². The Hall–Kier alpha value is -6.53. The van der Waals surface area contributed by atoms with Gasteiger partial charge in [0.25, 0.3) is 0 Å². The number of hydrogen-bond acceptors (Lipinski definition) is 14. The van der Waals surface area contributed by atoms with E-state index in [1.807, 2.05) is 36.4 Å². The van der Waals surface area contributed by atoms with Gasteiger partial charge in [-0.15, -0.1) is 0 Å². The summed E-state index contributed by atoms with van der Waals surface area (Å²) >= 11 is 0. The molecule has 16 nitrogen and oxygen atoms in total. The second-order valence-corrected chi connectivity index (χ2v) is 18.0. The molecule has 0 aliphatic carbocycles. The number of nitrogens with zero attached hydrogens (tertiary/aromatic N) is 1. The molecule has 0 aliphatic heterocycles. The molecular formula is C51H66N2O14S2. The number of carbonyl (C=O) groups is 7. The molecule has 3 amide bonds. The number of benzene rings is 4. The Balaban J connectivity index is 0.000000684. The van der Waals surface area contributed by atoms with E-state index < -0.39 is 83.3 Å². The summed E-state index contributed by atoms with van der Waals surface area (Å²) in [6, 6.07) is 32.5. The van der Waals surface area contributed by atoms with E-state index in [0.29, 0.717) is 21.6 Å².